The first-order valence-corrected chi connectivity index (χ1v) is 10.4. The van der Waals surface area contributed by atoms with Gasteiger partial charge in [0.1, 0.15) is 17.1 Å². The van der Waals surface area contributed by atoms with Crippen molar-refractivity contribution in [3.63, 3.8) is 0 Å². The minimum Gasteiger partial charge on any atom is -0.480 e. The number of rotatable bonds is 7. The maximum absolute atomic E-state index is 13.3. The molecule has 4 rings (SSSR count). The average molecular weight is 457 g/mol. The number of imide groups is 1. The Labute approximate surface area is 188 Å². The lowest BCUT2D eigenvalue weighted by Gasteiger charge is -2.31. The van der Waals surface area contributed by atoms with Gasteiger partial charge < -0.3 is 14.6 Å². The first-order valence-electron chi connectivity index (χ1n) is 10.4. The number of carboxylic acids is 1. The summed E-state index contributed by atoms with van der Waals surface area (Å²) in [5.74, 6) is -3.92. The van der Waals surface area contributed by atoms with Crippen molar-refractivity contribution >= 4 is 23.5 Å². The number of nitrogens with one attached hydrogen (secondary N) is 1. The second-order valence-corrected chi connectivity index (χ2v) is 8.44. The van der Waals surface area contributed by atoms with Crippen molar-refractivity contribution in [1.82, 2.24) is 10.2 Å². The lowest BCUT2D eigenvalue weighted by atomic mass is 9.76. The number of non-ortho nitro benzene ring substituents is 1. The highest BCUT2D eigenvalue weighted by Gasteiger charge is 2.68. The standard InChI is InChI=1S/C22H23N3O8/c1-11-9-15(33-12(11)2)18-16-17(20(28)24(7-8-26)19(16)27)22(23-18,21(29)30)10-13-3-5-14(6-4-13)25(31)32/h3-6,9,16-18,23,26H,7-8,10H2,1-2H3,(H,29,30). The highest BCUT2D eigenvalue weighted by Crippen LogP contribution is 2.50. The first kappa shape index (κ1) is 22.6. The number of amides is 2. The zero-order valence-electron chi connectivity index (χ0n) is 18.0. The van der Waals surface area contributed by atoms with E-state index in [1.54, 1.807) is 13.0 Å². The van der Waals surface area contributed by atoms with Gasteiger partial charge in [-0.05, 0) is 31.0 Å². The van der Waals surface area contributed by atoms with Crippen molar-refractivity contribution in [1.29, 1.82) is 0 Å². The number of aryl methyl sites for hydroxylation is 2. The molecule has 3 heterocycles. The van der Waals surface area contributed by atoms with Gasteiger partial charge in [-0.3, -0.25) is 34.7 Å². The van der Waals surface area contributed by atoms with Gasteiger partial charge in [0.05, 0.1) is 36.0 Å². The summed E-state index contributed by atoms with van der Waals surface area (Å²) in [5.41, 5.74) is -0.754. The van der Waals surface area contributed by atoms with Crippen LogP contribution in [-0.2, 0) is 20.8 Å². The number of benzene rings is 1. The Bertz CT molecular complexity index is 1120. The summed E-state index contributed by atoms with van der Waals surface area (Å²) in [6, 6.07) is 6.21. The number of carbonyl (C=O) groups excluding carboxylic acids is 2. The SMILES string of the molecule is Cc1cc(C2NC(Cc3ccc([N+](=O)[O-])cc3)(C(=O)O)C3C(=O)N(CCO)C(=O)C23)oc1C. The number of nitro benzene ring substituents is 1. The van der Waals surface area contributed by atoms with E-state index >= 15 is 0 Å². The monoisotopic (exact) mass is 457 g/mol. The van der Waals surface area contributed by atoms with E-state index in [0.29, 0.717) is 17.1 Å². The Morgan fingerprint density at radius 3 is 2.42 bits per heavy atom. The molecular weight excluding hydrogens is 434 g/mol. The Hall–Kier alpha value is -3.57. The summed E-state index contributed by atoms with van der Waals surface area (Å²) in [6.45, 7) is 2.87. The van der Waals surface area contributed by atoms with Crippen molar-refractivity contribution in [3.05, 3.63) is 63.1 Å². The van der Waals surface area contributed by atoms with Gasteiger partial charge >= 0.3 is 5.97 Å². The summed E-state index contributed by atoms with van der Waals surface area (Å²) in [5, 5.41) is 33.6. The number of carboxylic acid groups (broad SMARTS) is 1. The second-order valence-electron chi connectivity index (χ2n) is 8.44. The molecule has 1 aromatic heterocycles. The number of aliphatic hydroxyl groups is 1. The number of aliphatic carboxylic acids is 1. The molecule has 2 saturated heterocycles. The van der Waals surface area contributed by atoms with Gasteiger partial charge in [-0.2, -0.15) is 0 Å². The van der Waals surface area contributed by atoms with E-state index in [1.807, 2.05) is 6.92 Å². The van der Waals surface area contributed by atoms with Crippen molar-refractivity contribution in [2.45, 2.75) is 31.8 Å². The molecule has 0 radical (unpaired) electrons. The van der Waals surface area contributed by atoms with Crippen LogP contribution >= 0.6 is 0 Å². The molecule has 4 atom stereocenters. The van der Waals surface area contributed by atoms with Crippen molar-refractivity contribution in [2.24, 2.45) is 11.8 Å². The molecule has 2 fully saturated rings. The molecule has 11 heteroatoms. The molecule has 33 heavy (non-hydrogen) atoms. The normalized spacial score (nSPS) is 26.6. The van der Waals surface area contributed by atoms with Gasteiger partial charge in [0.25, 0.3) is 5.69 Å². The van der Waals surface area contributed by atoms with Crippen molar-refractivity contribution in [2.75, 3.05) is 13.2 Å². The molecule has 174 valence electrons. The number of furan rings is 1. The number of aliphatic hydroxyl groups excluding tert-OH is 1. The summed E-state index contributed by atoms with van der Waals surface area (Å²) in [6.07, 6.45) is -0.192. The summed E-state index contributed by atoms with van der Waals surface area (Å²) < 4.78 is 5.79. The zero-order valence-corrected chi connectivity index (χ0v) is 18.0. The topological polar surface area (TPSA) is 163 Å². The van der Waals surface area contributed by atoms with Gasteiger partial charge in [-0.1, -0.05) is 12.1 Å². The van der Waals surface area contributed by atoms with E-state index in [4.69, 9.17) is 4.42 Å². The number of nitrogens with zero attached hydrogens (tertiary/aromatic N) is 2. The van der Waals surface area contributed by atoms with E-state index in [1.165, 1.54) is 24.3 Å². The second kappa shape index (κ2) is 8.09. The Morgan fingerprint density at radius 1 is 1.24 bits per heavy atom. The smallest absolute Gasteiger partial charge is 0.325 e. The summed E-state index contributed by atoms with van der Waals surface area (Å²) in [7, 11) is 0. The maximum Gasteiger partial charge on any atom is 0.325 e. The van der Waals surface area contributed by atoms with Crippen LogP contribution < -0.4 is 5.32 Å². The predicted molar refractivity (Wildman–Crippen MR) is 112 cm³/mol. The predicted octanol–water partition coefficient (Wildman–Crippen LogP) is 1.11. The summed E-state index contributed by atoms with van der Waals surface area (Å²) >= 11 is 0. The maximum atomic E-state index is 13.3. The minimum atomic E-state index is -1.86. The molecule has 0 saturated carbocycles. The van der Waals surface area contributed by atoms with E-state index < -0.39 is 52.7 Å². The number of hydrogen-bond acceptors (Lipinski definition) is 8. The van der Waals surface area contributed by atoms with Gasteiger partial charge in [-0.25, -0.2) is 0 Å². The Balaban J connectivity index is 1.81. The van der Waals surface area contributed by atoms with E-state index in [9.17, 15) is 34.7 Å². The van der Waals surface area contributed by atoms with Crippen LogP contribution in [-0.4, -0.2) is 56.5 Å². The van der Waals surface area contributed by atoms with Gasteiger partial charge in [0, 0.05) is 18.6 Å². The number of nitro groups is 1. The number of carbonyl (C=O) groups is 3. The lowest BCUT2D eigenvalue weighted by molar-refractivity contribution is -0.384. The zero-order chi connectivity index (χ0) is 24.1. The molecule has 2 aliphatic rings. The van der Waals surface area contributed by atoms with Crippen LogP contribution in [0.2, 0.25) is 0 Å². The minimum absolute atomic E-state index is 0.152. The molecule has 11 nitrogen and oxygen atoms in total. The molecule has 1 aromatic carbocycles. The van der Waals surface area contributed by atoms with Gasteiger partial charge in [0.15, 0.2) is 0 Å². The van der Waals surface area contributed by atoms with Crippen molar-refractivity contribution < 1.29 is 33.9 Å². The van der Waals surface area contributed by atoms with Crippen LogP contribution in [0, 0.1) is 35.8 Å². The Kier molecular flexibility index (Phi) is 5.54. The number of hydrogen-bond donors (Lipinski definition) is 3. The third kappa shape index (κ3) is 3.49. The van der Waals surface area contributed by atoms with Gasteiger partial charge in [-0.15, -0.1) is 0 Å². The van der Waals surface area contributed by atoms with Crippen LogP contribution in [0.3, 0.4) is 0 Å². The van der Waals surface area contributed by atoms with Crippen LogP contribution in [0.1, 0.15) is 28.7 Å². The van der Waals surface area contributed by atoms with Crippen molar-refractivity contribution in [3.8, 4) is 0 Å². The molecule has 3 N–H and O–H groups in total. The fourth-order valence-electron chi connectivity index (χ4n) is 4.87. The van der Waals surface area contributed by atoms with Crippen LogP contribution in [0.4, 0.5) is 5.69 Å². The van der Waals surface area contributed by atoms with Crippen LogP contribution in [0.15, 0.2) is 34.7 Å². The fourth-order valence-corrected chi connectivity index (χ4v) is 4.87. The van der Waals surface area contributed by atoms with E-state index in [0.717, 1.165) is 10.5 Å². The molecule has 2 amide bonds. The Morgan fingerprint density at radius 2 is 1.91 bits per heavy atom. The highest BCUT2D eigenvalue weighted by atomic mass is 16.6. The summed E-state index contributed by atoms with van der Waals surface area (Å²) in [4.78, 5) is 50.4. The van der Waals surface area contributed by atoms with E-state index in [-0.39, 0.29) is 18.7 Å². The third-order valence-electron chi connectivity index (χ3n) is 6.57. The molecule has 0 spiro atoms. The molecule has 2 aromatic rings. The molecular formula is C22H23N3O8. The van der Waals surface area contributed by atoms with Crippen LogP contribution in [0.25, 0.3) is 0 Å². The van der Waals surface area contributed by atoms with E-state index in [2.05, 4.69) is 5.32 Å². The molecule has 0 bridgehead atoms. The van der Waals surface area contributed by atoms with Gasteiger partial charge in [0.2, 0.25) is 11.8 Å². The largest absolute Gasteiger partial charge is 0.480 e. The van der Waals surface area contributed by atoms with Crippen LogP contribution in [0.5, 0.6) is 0 Å². The fraction of sp³-hybridized carbons (Fsp3) is 0.409. The highest BCUT2D eigenvalue weighted by molar-refractivity contribution is 6.09. The number of β-amino-alcohol motifs (C(OH)–C–C–N with tert-alkyl or cyclic N) is 1. The molecule has 2 aliphatic heterocycles. The third-order valence-corrected chi connectivity index (χ3v) is 6.57. The number of likely N-dealkylation sites (tertiary alicyclic amines) is 1. The number of fused-ring (bicyclic) bond motifs is 1. The molecule has 0 aliphatic carbocycles. The average Bonchev–Trinajstić information content (AvgIpc) is 3.37. The molecule has 4 unspecified atom stereocenters. The first-order chi connectivity index (χ1) is 15.6. The lowest BCUT2D eigenvalue weighted by Crippen LogP contribution is -2.57. The quantitative estimate of drug-likeness (QED) is 0.314.